The van der Waals surface area contributed by atoms with Crippen molar-refractivity contribution in [3.63, 3.8) is 0 Å². The second kappa shape index (κ2) is 9.90. The average Bonchev–Trinajstić information content (AvgIpc) is 2.51. The van der Waals surface area contributed by atoms with Crippen LogP contribution in [-0.4, -0.2) is 75.0 Å². The van der Waals surface area contributed by atoms with Crippen molar-refractivity contribution in [1.29, 1.82) is 0 Å². The minimum Gasteiger partial charge on any atom is -0.774 e. The Bertz CT molecular complexity index is 280. The fourth-order valence-corrected chi connectivity index (χ4v) is 6.07. The first kappa shape index (κ1) is 21.0. The molecule has 128 valence electrons. The highest BCUT2D eigenvalue weighted by molar-refractivity contribution is 6.71. The van der Waals surface area contributed by atoms with Gasteiger partial charge in [-0.15, -0.1) is 0 Å². The molecule has 1 atom stereocenters. The van der Waals surface area contributed by atoms with Gasteiger partial charge >= 0.3 is 17.9 Å². The molecule has 0 aliphatic heterocycles. The predicted octanol–water partition coefficient (Wildman–Crippen LogP) is -1.01. The Labute approximate surface area is 126 Å². The number of rotatable bonds is 12. The highest BCUT2D eigenvalue weighted by atomic mass is 28.5. The van der Waals surface area contributed by atoms with E-state index in [4.69, 9.17) is 21.8 Å². The second-order valence-corrected chi connectivity index (χ2v) is 9.36. The van der Waals surface area contributed by atoms with Crippen molar-refractivity contribution < 1.29 is 26.6 Å². The summed E-state index contributed by atoms with van der Waals surface area (Å²) < 4.78 is 25.7. The normalized spacial score (nSPS) is 15.7. The quantitative estimate of drug-likeness (QED) is 0.333. The molecule has 0 aromatic heterocycles. The molecule has 0 aromatic rings. The first-order valence-electron chi connectivity index (χ1n) is 6.01. The Morgan fingerprint density at radius 1 is 1.10 bits per heavy atom. The van der Waals surface area contributed by atoms with Crippen molar-refractivity contribution in [3.05, 3.63) is 10.4 Å². The van der Waals surface area contributed by atoms with E-state index in [1.807, 2.05) is 0 Å². The molecular formula is C8H23N3O8Si2-2. The lowest BCUT2D eigenvalue weighted by atomic mass is 10.5. The van der Waals surface area contributed by atoms with Gasteiger partial charge in [-0.3, -0.25) is 5.28 Å². The lowest BCUT2D eigenvalue weighted by molar-refractivity contribution is 0.0108. The van der Waals surface area contributed by atoms with Crippen LogP contribution in [-0.2, 0) is 21.8 Å². The van der Waals surface area contributed by atoms with Crippen LogP contribution in [0.1, 0.15) is 6.42 Å². The van der Waals surface area contributed by atoms with E-state index in [0.717, 1.165) is 5.01 Å². The van der Waals surface area contributed by atoms with E-state index in [2.05, 4.69) is 0 Å². The first-order valence-corrected chi connectivity index (χ1v) is 9.61. The van der Waals surface area contributed by atoms with Gasteiger partial charge in [0.15, 0.2) is 0 Å². The standard InChI is InChI=1S/C8H23N3O8Si2/c1-10(11(13)9-12)7-6-8-20(14,15-2)19-21(16-3,17-4)18-5/h9,14H,6-8H2,1-5H3/q-2. The molecule has 11 nitrogen and oxygen atoms in total. The zero-order valence-electron chi connectivity index (χ0n) is 12.8. The Balaban J connectivity index is 4.53. The van der Waals surface area contributed by atoms with Gasteiger partial charge in [0.05, 0.1) is 0 Å². The minimum absolute atomic E-state index is 0.0345. The maximum Gasteiger partial charge on any atom is 0.671 e. The molecule has 0 aliphatic carbocycles. The van der Waals surface area contributed by atoms with E-state index >= 15 is 0 Å². The van der Waals surface area contributed by atoms with Crippen LogP contribution in [0.25, 0.3) is 0 Å². The monoisotopic (exact) mass is 345 g/mol. The van der Waals surface area contributed by atoms with Gasteiger partial charge in [0.2, 0.25) is 0 Å². The third kappa shape index (κ3) is 6.74. The van der Waals surface area contributed by atoms with Crippen LogP contribution in [0.15, 0.2) is 0 Å². The number of nitrogens with one attached hydrogen (secondary N) is 1. The summed E-state index contributed by atoms with van der Waals surface area (Å²) in [6, 6.07) is 0.130. The van der Waals surface area contributed by atoms with Gasteiger partial charge in [-0.2, -0.15) is 0 Å². The molecule has 0 rings (SSSR count). The molecule has 0 fully saturated rings. The molecule has 0 saturated heterocycles. The third-order valence-corrected chi connectivity index (χ3v) is 8.12. The summed E-state index contributed by atoms with van der Waals surface area (Å²) in [5.74, 6) is 0. The second-order valence-electron chi connectivity index (χ2n) is 3.98. The van der Waals surface area contributed by atoms with E-state index in [1.165, 1.54) is 41.1 Å². The molecular weight excluding hydrogens is 322 g/mol. The fraction of sp³-hybridized carbons (Fsp3) is 1.00. The smallest absolute Gasteiger partial charge is 0.671 e. The summed E-state index contributed by atoms with van der Waals surface area (Å²) in [6.45, 7) is 0.211. The van der Waals surface area contributed by atoms with Crippen LogP contribution in [0.3, 0.4) is 0 Å². The van der Waals surface area contributed by atoms with Crippen LogP contribution >= 0.6 is 0 Å². The Kier molecular flexibility index (Phi) is 9.90. The Hall–Kier alpha value is -0.00623. The lowest BCUT2D eigenvalue weighted by Gasteiger charge is -2.40. The van der Waals surface area contributed by atoms with Crippen molar-refractivity contribution in [2.24, 2.45) is 0 Å². The van der Waals surface area contributed by atoms with E-state index in [1.54, 1.807) is 0 Å². The van der Waals surface area contributed by atoms with Crippen LogP contribution in [0.4, 0.5) is 0 Å². The average molecular weight is 345 g/mol. The van der Waals surface area contributed by atoms with Gasteiger partial charge in [0, 0.05) is 48.1 Å². The van der Waals surface area contributed by atoms with Crippen LogP contribution in [0, 0.1) is 10.4 Å². The maximum atomic E-state index is 11.0. The molecule has 13 heteroatoms. The molecule has 0 amide bonds. The summed E-state index contributed by atoms with van der Waals surface area (Å²) in [4.78, 5) is 10.4. The number of nitrogens with zero attached hydrogens (tertiary/aromatic N) is 2. The predicted molar refractivity (Wildman–Crippen MR) is 76.6 cm³/mol. The van der Waals surface area contributed by atoms with Crippen molar-refractivity contribution in [2.45, 2.75) is 12.5 Å². The van der Waals surface area contributed by atoms with Gasteiger partial charge in [-0.1, -0.05) is 0 Å². The van der Waals surface area contributed by atoms with Crippen molar-refractivity contribution in [2.75, 3.05) is 42.0 Å². The van der Waals surface area contributed by atoms with Crippen molar-refractivity contribution in [3.8, 4) is 0 Å². The number of hydrogen-bond acceptors (Lipinski definition) is 11. The molecule has 1 unspecified atom stereocenters. The summed E-state index contributed by atoms with van der Waals surface area (Å²) in [5.41, 5.74) is 1.18. The van der Waals surface area contributed by atoms with E-state index in [0.29, 0.717) is 6.42 Å². The first-order chi connectivity index (χ1) is 9.81. The Morgan fingerprint density at radius 2 is 1.62 bits per heavy atom. The van der Waals surface area contributed by atoms with Crippen LogP contribution in [0.2, 0.25) is 6.04 Å². The molecule has 2 N–H and O–H groups in total. The maximum absolute atomic E-state index is 11.0. The van der Waals surface area contributed by atoms with Gasteiger partial charge in [0.1, 0.15) is 0 Å². The molecule has 0 aromatic carbocycles. The number of hydrogen-bond donors (Lipinski definition) is 2. The van der Waals surface area contributed by atoms with Crippen LogP contribution < -0.4 is 5.59 Å². The van der Waals surface area contributed by atoms with Crippen molar-refractivity contribution >= 4 is 17.9 Å². The zero-order valence-corrected chi connectivity index (χ0v) is 14.8. The summed E-state index contributed by atoms with van der Waals surface area (Å²) >= 11 is 0. The topological polar surface area (TPSA) is 131 Å². The summed E-state index contributed by atoms with van der Waals surface area (Å²) in [5, 5.41) is 22.3. The third-order valence-electron chi connectivity index (χ3n) is 2.72. The van der Waals surface area contributed by atoms with Crippen molar-refractivity contribution in [1.82, 2.24) is 15.9 Å². The molecule has 0 spiro atoms. The summed E-state index contributed by atoms with van der Waals surface area (Å²) in [7, 11) is -0.292. The van der Waals surface area contributed by atoms with E-state index in [9.17, 15) is 15.2 Å². The van der Waals surface area contributed by atoms with E-state index < -0.39 is 17.9 Å². The molecule has 0 bridgehead atoms. The molecule has 0 radical (unpaired) electrons. The highest BCUT2D eigenvalue weighted by Gasteiger charge is 2.52. The minimum atomic E-state index is -3.59. The van der Waals surface area contributed by atoms with Gasteiger partial charge in [0.25, 0.3) is 0 Å². The zero-order chi connectivity index (χ0) is 16.5. The highest BCUT2D eigenvalue weighted by Crippen LogP contribution is 2.20. The largest absolute Gasteiger partial charge is 0.774 e. The van der Waals surface area contributed by atoms with E-state index in [-0.39, 0.29) is 17.9 Å². The summed E-state index contributed by atoms with van der Waals surface area (Å²) in [6.07, 6.45) is 0.342. The van der Waals surface area contributed by atoms with Gasteiger partial charge in [-0.25, -0.2) is 5.01 Å². The van der Waals surface area contributed by atoms with Crippen LogP contribution in [0.5, 0.6) is 0 Å². The van der Waals surface area contributed by atoms with Gasteiger partial charge in [-0.05, 0) is 6.42 Å². The SMILES string of the molecule is CO[Si](O)(CCCN(C)N([O-])N[O-])O[Si](OC)(OC)OC. The molecule has 21 heavy (non-hydrogen) atoms. The lowest BCUT2D eigenvalue weighted by Crippen LogP contribution is -2.57. The molecule has 0 heterocycles. The van der Waals surface area contributed by atoms with Gasteiger partial charge < -0.3 is 42.6 Å². The molecule has 0 saturated carbocycles. The number of hydrazine groups is 2. The Morgan fingerprint density at radius 3 is 2.00 bits per heavy atom. The molecule has 0 aliphatic rings. The fourth-order valence-electron chi connectivity index (χ4n) is 1.46.